The van der Waals surface area contributed by atoms with Gasteiger partial charge in [0.2, 0.25) is 23.6 Å². The Hall–Kier alpha value is -2.98. The predicted molar refractivity (Wildman–Crippen MR) is 216 cm³/mol. The van der Waals surface area contributed by atoms with Crippen molar-refractivity contribution in [3.8, 4) is 0 Å². The van der Waals surface area contributed by atoms with Crippen molar-refractivity contribution in [1.82, 2.24) is 20.4 Å². The number of carbonyl (C=O) groups is 4. The molecule has 0 aromatic rings. The lowest BCUT2D eigenvalue weighted by molar-refractivity contribution is -0.128. The molecule has 0 spiro atoms. The van der Waals surface area contributed by atoms with Gasteiger partial charge in [-0.05, 0) is 51.4 Å². The summed E-state index contributed by atoms with van der Waals surface area (Å²) in [5.74, 6) is 1.69. The van der Waals surface area contributed by atoms with Gasteiger partial charge in [0.1, 0.15) is 0 Å². The first kappa shape index (κ1) is 47.0. The minimum atomic E-state index is -0.0471. The van der Waals surface area contributed by atoms with Crippen LogP contribution in [0.4, 0.5) is 0 Å². The minimum Gasteiger partial charge on any atom is -0.349 e. The van der Waals surface area contributed by atoms with Gasteiger partial charge >= 0.3 is 0 Å². The molecular formula is C40H66N4O4S2. The van der Waals surface area contributed by atoms with Crippen molar-refractivity contribution in [2.45, 2.75) is 129 Å². The number of nitrogens with one attached hydrogen (secondary N) is 2. The number of carbonyl (C=O) groups excluding carboxylic acids is 4. The summed E-state index contributed by atoms with van der Waals surface area (Å²) >= 11 is 0. The topological polar surface area (TPSA) is 98.8 Å². The summed E-state index contributed by atoms with van der Waals surface area (Å²) in [6.45, 7) is 10.4. The van der Waals surface area contributed by atoms with Gasteiger partial charge in [-0.25, -0.2) is 0 Å². The van der Waals surface area contributed by atoms with Gasteiger partial charge in [-0.2, -0.15) is 0 Å². The number of unbranched alkanes of at least 4 members (excludes halogenated alkanes) is 10. The number of rotatable bonds is 31. The van der Waals surface area contributed by atoms with Gasteiger partial charge in [-0.15, -0.1) is 13.2 Å². The van der Waals surface area contributed by atoms with Crippen molar-refractivity contribution in [3.05, 3.63) is 74.2 Å². The Morgan fingerprint density at radius 3 is 1.30 bits per heavy atom. The minimum absolute atomic E-state index is 0.0403. The molecule has 2 N–H and O–H groups in total. The number of nitrogens with zero attached hydrogens (tertiary/aromatic N) is 2. The first-order valence-corrected chi connectivity index (χ1v) is 20.8. The molecule has 8 nitrogen and oxygen atoms in total. The SMILES string of the molecule is C=CC/C=C/N(C)C(=O)CCCCCCC/C=C/C(CSSCC(/C=C/CCCCCCCC(=O)N(C)/C=C/CC=C)NC(C)=O)NC(C)=O. The highest BCUT2D eigenvalue weighted by atomic mass is 33.1. The molecule has 2 unspecified atom stereocenters. The van der Waals surface area contributed by atoms with E-state index in [1.807, 2.05) is 24.6 Å². The normalized spacial score (nSPS) is 12.8. The largest absolute Gasteiger partial charge is 0.349 e. The van der Waals surface area contributed by atoms with Gasteiger partial charge in [0.05, 0.1) is 12.1 Å². The summed E-state index contributed by atoms with van der Waals surface area (Å²) in [4.78, 5) is 51.1. The van der Waals surface area contributed by atoms with Crippen LogP contribution in [0.15, 0.2) is 74.2 Å². The highest BCUT2D eigenvalue weighted by Gasteiger charge is 2.10. The molecule has 0 aliphatic carbocycles. The maximum absolute atomic E-state index is 12.1. The Morgan fingerprint density at radius 2 is 0.940 bits per heavy atom. The third-order valence-corrected chi connectivity index (χ3v) is 10.1. The summed E-state index contributed by atoms with van der Waals surface area (Å²) in [7, 11) is 7.00. The Balaban J connectivity index is 4.28. The highest BCUT2D eigenvalue weighted by Crippen LogP contribution is 2.24. The molecule has 282 valence electrons. The highest BCUT2D eigenvalue weighted by molar-refractivity contribution is 8.76. The van der Waals surface area contributed by atoms with Crippen LogP contribution >= 0.6 is 21.6 Å². The molecule has 50 heavy (non-hydrogen) atoms. The molecule has 0 aliphatic heterocycles. The number of allylic oxidation sites excluding steroid dienone is 6. The zero-order valence-electron chi connectivity index (χ0n) is 31.4. The monoisotopic (exact) mass is 730 g/mol. The molecule has 0 bridgehead atoms. The van der Waals surface area contributed by atoms with Crippen molar-refractivity contribution < 1.29 is 19.2 Å². The summed E-state index contributed by atoms with van der Waals surface area (Å²) < 4.78 is 0. The fourth-order valence-electron chi connectivity index (χ4n) is 4.86. The van der Waals surface area contributed by atoms with Crippen LogP contribution in [0, 0.1) is 0 Å². The maximum atomic E-state index is 12.1. The summed E-state index contributed by atoms with van der Waals surface area (Å²) in [5.41, 5.74) is 0. The second-order valence-electron chi connectivity index (χ2n) is 12.5. The molecule has 10 heteroatoms. The third-order valence-electron chi connectivity index (χ3n) is 7.67. The van der Waals surface area contributed by atoms with E-state index in [1.54, 1.807) is 71.5 Å². The molecule has 0 saturated carbocycles. The van der Waals surface area contributed by atoms with Gasteiger partial charge in [-0.1, -0.05) is 109 Å². The molecule has 2 atom stereocenters. The summed E-state index contributed by atoms with van der Waals surface area (Å²) in [5, 5.41) is 6.05. The molecule has 4 amide bonds. The van der Waals surface area contributed by atoms with E-state index >= 15 is 0 Å². The van der Waals surface area contributed by atoms with Crippen LogP contribution in [0.3, 0.4) is 0 Å². The molecule has 0 fully saturated rings. The molecule has 0 aromatic heterocycles. The standard InChI is InChI=1S/C40H66N4O4S2/c1-7-9-25-31-43(5)39(47)29-23-19-15-11-13-17-21-27-37(41-35(3)45)33-49-50-34-38(42-36(4)46)28-22-18-14-12-16-20-24-30-40(48)44(6)32-26-10-8-2/h7-8,21-22,25-28,31-32,37-38H,1-2,9-20,23-24,29-30,33-34H2,3-6H3,(H,41,45)(H,42,46)/b27-21+,28-22+,31-25+,32-26+. The van der Waals surface area contributed by atoms with Crippen LogP contribution < -0.4 is 10.6 Å². The van der Waals surface area contributed by atoms with Crippen LogP contribution in [0.1, 0.15) is 117 Å². The Kier molecular flexibility index (Phi) is 31.2. The molecule has 0 saturated heterocycles. The maximum Gasteiger partial charge on any atom is 0.226 e. The van der Waals surface area contributed by atoms with E-state index in [9.17, 15) is 19.2 Å². The lowest BCUT2D eigenvalue weighted by Gasteiger charge is -2.16. The smallest absolute Gasteiger partial charge is 0.226 e. The van der Waals surface area contributed by atoms with Crippen LogP contribution in [0.2, 0.25) is 0 Å². The Morgan fingerprint density at radius 1 is 0.580 bits per heavy atom. The van der Waals surface area contributed by atoms with E-state index in [2.05, 4.69) is 48.1 Å². The van der Waals surface area contributed by atoms with Crippen molar-refractivity contribution >= 4 is 45.2 Å². The molecule has 0 rings (SSSR count). The van der Waals surface area contributed by atoms with Gasteiger partial charge in [0, 0.05) is 64.7 Å². The van der Waals surface area contributed by atoms with Gasteiger partial charge in [-0.3, -0.25) is 19.2 Å². The molecule has 0 radical (unpaired) electrons. The summed E-state index contributed by atoms with van der Waals surface area (Å²) in [6.07, 6.45) is 34.8. The summed E-state index contributed by atoms with van der Waals surface area (Å²) in [6, 6.07) is -0.0806. The fraction of sp³-hybridized carbons (Fsp3) is 0.600. The Bertz CT molecular complexity index is 1010. The van der Waals surface area contributed by atoms with E-state index in [1.165, 1.54) is 0 Å². The molecular weight excluding hydrogens is 665 g/mol. The second kappa shape index (κ2) is 33.2. The van der Waals surface area contributed by atoms with E-state index < -0.39 is 0 Å². The lowest BCUT2D eigenvalue weighted by atomic mass is 10.1. The molecule has 0 aromatic carbocycles. The average molecular weight is 731 g/mol. The van der Waals surface area contributed by atoms with Crippen LogP contribution in [-0.2, 0) is 19.2 Å². The lowest BCUT2D eigenvalue weighted by Crippen LogP contribution is -2.34. The Labute approximate surface area is 312 Å². The zero-order valence-corrected chi connectivity index (χ0v) is 33.0. The number of hydrogen-bond donors (Lipinski definition) is 2. The van der Waals surface area contributed by atoms with Gasteiger partial charge in [0.25, 0.3) is 0 Å². The van der Waals surface area contributed by atoms with Gasteiger partial charge in [0.15, 0.2) is 0 Å². The zero-order chi connectivity index (χ0) is 37.2. The molecule has 0 heterocycles. The van der Waals surface area contributed by atoms with Crippen molar-refractivity contribution in [2.75, 3.05) is 25.6 Å². The first-order valence-electron chi connectivity index (χ1n) is 18.3. The fourth-order valence-corrected chi connectivity index (χ4v) is 7.20. The van der Waals surface area contributed by atoms with E-state index in [4.69, 9.17) is 0 Å². The number of hydrogen-bond acceptors (Lipinski definition) is 6. The first-order chi connectivity index (χ1) is 24.1. The quantitative estimate of drug-likeness (QED) is 0.0420. The van der Waals surface area contributed by atoms with E-state index in [-0.39, 0.29) is 35.7 Å². The second-order valence-corrected chi connectivity index (χ2v) is 15.0. The van der Waals surface area contributed by atoms with E-state index in [0.717, 1.165) is 101 Å². The predicted octanol–water partition coefficient (Wildman–Crippen LogP) is 9.05. The van der Waals surface area contributed by atoms with Gasteiger partial charge < -0.3 is 20.4 Å². The van der Waals surface area contributed by atoms with E-state index in [0.29, 0.717) is 12.8 Å². The third kappa shape index (κ3) is 29.9. The van der Waals surface area contributed by atoms with Crippen LogP contribution in [-0.4, -0.2) is 71.1 Å². The van der Waals surface area contributed by atoms with Crippen molar-refractivity contribution in [2.24, 2.45) is 0 Å². The van der Waals surface area contributed by atoms with Crippen LogP contribution in [0.5, 0.6) is 0 Å². The molecule has 0 aliphatic rings. The van der Waals surface area contributed by atoms with Crippen molar-refractivity contribution in [3.63, 3.8) is 0 Å². The van der Waals surface area contributed by atoms with Crippen LogP contribution in [0.25, 0.3) is 0 Å². The van der Waals surface area contributed by atoms with Crippen molar-refractivity contribution in [1.29, 1.82) is 0 Å². The average Bonchev–Trinajstić information content (AvgIpc) is 3.07. The number of amides is 4.